The van der Waals surface area contributed by atoms with Crippen LogP contribution in [0.5, 0.6) is 0 Å². The highest BCUT2D eigenvalue weighted by molar-refractivity contribution is 7.98. The summed E-state index contributed by atoms with van der Waals surface area (Å²) < 4.78 is 0. The second-order valence-electron chi connectivity index (χ2n) is 5.25. The maximum atomic E-state index is 12.3. The summed E-state index contributed by atoms with van der Waals surface area (Å²) in [6.07, 6.45) is 3.13. The SMILES string of the molecule is CCCNc1ccc(C)cc1C(=O)NCC(C)CSC. The van der Waals surface area contributed by atoms with Crippen LogP contribution in [0.1, 0.15) is 36.2 Å². The Hall–Kier alpha value is -1.16. The maximum Gasteiger partial charge on any atom is 0.253 e. The Labute approximate surface area is 126 Å². The van der Waals surface area contributed by atoms with Crippen LogP contribution < -0.4 is 10.6 Å². The molecule has 1 amide bonds. The number of aryl methyl sites for hydroxylation is 1. The number of hydrogen-bond donors (Lipinski definition) is 2. The second kappa shape index (κ2) is 8.90. The third kappa shape index (κ3) is 5.45. The number of hydrogen-bond acceptors (Lipinski definition) is 3. The minimum Gasteiger partial charge on any atom is -0.384 e. The lowest BCUT2D eigenvalue weighted by Gasteiger charge is -2.15. The molecule has 2 N–H and O–H groups in total. The summed E-state index contributed by atoms with van der Waals surface area (Å²) >= 11 is 1.81. The van der Waals surface area contributed by atoms with Gasteiger partial charge in [-0.15, -0.1) is 0 Å². The molecular formula is C16H26N2OS. The molecule has 0 saturated heterocycles. The van der Waals surface area contributed by atoms with E-state index in [1.807, 2.05) is 36.9 Å². The lowest BCUT2D eigenvalue weighted by Crippen LogP contribution is -2.29. The highest BCUT2D eigenvalue weighted by Crippen LogP contribution is 2.17. The molecule has 1 aromatic carbocycles. The van der Waals surface area contributed by atoms with E-state index in [9.17, 15) is 4.79 Å². The van der Waals surface area contributed by atoms with Crippen LogP contribution in [0.4, 0.5) is 5.69 Å². The summed E-state index contributed by atoms with van der Waals surface area (Å²) in [6, 6.07) is 5.98. The first-order chi connectivity index (χ1) is 9.58. The van der Waals surface area contributed by atoms with Crippen LogP contribution in [-0.4, -0.2) is 31.0 Å². The Kier molecular flexibility index (Phi) is 7.52. The molecule has 0 aliphatic heterocycles. The Morgan fingerprint density at radius 3 is 2.80 bits per heavy atom. The topological polar surface area (TPSA) is 41.1 Å². The van der Waals surface area contributed by atoms with E-state index in [0.29, 0.717) is 5.92 Å². The summed E-state index contributed by atoms with van der Waals surface area (Å²) in [5.41, 5.74) is 2.77. The molecule has 0 saturated carbocycles. The minimum absolute atomic E-state index is 0.0141. The molecule has 20 heavy (non-hydrogen) atoms. The van der Waals surface area contributed by atoms with Gasteiger partial charge in [-0.3, -0.25) is 4.79 Å². The molecule has 0 bridgehead atoms. The van der Waals surface area contributed by atoms with Crippen molar-refractivity contribution in [3.8, 4) is 0 Å². The van der Waals surface area contributed by atoms with E-state index in [1.165, 1.54) is 0 Å². The van der Waals surface area contributed by atoms with Gasteiger partial charge in [0, 0.05) is 18.8 Å². The van der Waals surface area contributed by atoms with Crippen LogP contribution in [-0.2, 0) is 0 Å². The van der Waals surface area contributed by atoms with Crippen molar-refractivity contribution in [2.45, 2.75) is 27.2 Å². The fourth-order valence-corrected chi connectivity index (χ4v) is 2.65. The van der Waals surface area contributed by atoms with Crippen molar-refractivity contribution in [3.63, 3.8) is 0 Å². The van der Waals surface area contributed by atoms with Gasteiger partial charge >= 0.3 is 0 Å². The number of amides is 1. The number of thioether (sulfide) groups is 1. The first-order valence-electron chi connectivity index (χ1n) is 7.20. The second-order valence-corrected chi connectivity index (χ2v) is 6.16. The smallest absolute Gasteiger partial charge is 0.253 e. The molecular weight excluding hydrogens is 268 g/mol. The predicted molar refractivity (Wildman–Crippen MR) is 89.8 cm³/mol. The van der Waals surface area contributed by atoms with Gasteiger partial charge in [-0.25, -0.2) is 0 Å². The Balaban J connectivity index is 2.72. The molecule has 3 nitrogen and oxygen atoms in total. The van der Waals surface area contributed by atoms with E-state index in [2.05, 4.69) is 30.7 Å². The molecule has 0 heterocycles. The Morgan fingerprint density at radius 2 is 2.15 bits per heavy atom. The lowest BCUT2D eigenvalue weighted by atomic mass is 10.1. The molecule has 0 radical (unpaired) electrons. The first kappa shape index (κ1) is 16.9. The predicted octanol–water partition coefficient (Wildman–Crippen LogP) is 3.55. The van der Waals surface area contributed by atoms with Crippen molar-refractivity contribution in [3.05, 3.63) is 29.3 Å². The van der Waals surface area contributed by atoms with Crippen molar-refractivity contribution in [2.75, 3.05) is 30.4 Å². The van der Waals surface area contributed by atoms with Crippen molar-refractivity contribution >= 4 is 23.4 Å². The van der Waals surface area contributed by atoms with Crippen LogP contribution >= 0.6 is 11.8 Å². The summed E-state index contributed by atoms with van der Waals surface area (Å²) in [5.74, 6) is 1.57. The van der Waals surface area contributed by atoms with Crippen molar-refractivity contribution in [1.82, 2.24) is 5.32 Å². The average Bonchev–Trinajstić information content (AvgIpc) is 2.43. The van der Waals surface area contributed by atoms with Crippen molar-refractivity contribution in [2.24, 2.45) is 5.92 Å². The molecule has 0 fully saturated rings. The van der Waals surface area contributed by atoms with Gasteiger partial charge < -0.3 is 10.6 Å². The maximum absolute atomic E-state index is 12.3. The van der Waals surface area contributed by atoms with Gasteiger partial charge in [-0.2, -0.15) is 11.8 Å². The third-order valence-electron chi connectivity index (χ3n) is 3.05. The normalized spacial score (nSPS) is 12.0. The molecule has 0 spiro atoms. The zero-order valence-electron chi connectivity index (χ0n) is 13.0. The summed E-state index contributed by atoms with van der Waals surface area (Å²) in [5, 5.41) is 6.35. The van der Waals surface area contributed by atoms with E-state index < -0.39 is 0 Å². The van der Waals surface area contributed by atoms with Gasteiger partial charge in [0.25, 0.3) is 5.91 Å². The molecule has 112 valence electrons. The van der Waals surface area contributed by atoms with Crippen molar-refractivity contribution < 1.29 is 4.79 Å². The molecule has 1 atom stereocenters. The van der Waals surface area contributed by atoms with Crippen LogP contribution in [0.2, 0.25) is 0 Å². The highest BCUT2D eigenvalue weighted by Gasteiger charge is 2.12. The standard InChI is InChI=1S/C16H26N2OS/c1-5-8-17-15-7-6-12(2)9-14(15)16(19)18-10-13(3)11-20-4/h6-7,9,13,17H,5,8,10-11H2,1-4H3,(H,18,19). The molecule has 4 heteroatoms. The van der Waals surface area contributed by atoms with E-state index in [4.69, 9.17) is 0 Å². The summed E-state index contributed by atoms with van der Waals surface area (Å²) in [4.78, 5) is 12.3. The zero-order chi connectivity index (χ0) is 15.0. The fourth-order valence-electron chi connectivity index (χ4n) is 1.97. The molecule has 1 aromatic rings. The van der Waals surface area contributed by atoms with Gasteiger partial charge in [0.15, 0.2) is 0 Å². The number of nitrogens with one attached hydrogen (secondary N) is 2. The quantitative estimate of drug-likeness (QED) is 0.770. The minimum atomic E-state index is 0.0141. The fraction of sp³-hybridized carbons (Fsp3) is 0.562. The van der Waals surface area contributed by atoms with Crippen LogP contribution in [0.3, 0.4) is 0 Å². The van der Waals surface area contributed by atoms with Crippen LogP contribution in [0.15, 0.2) is 18.2 Å². The number of benzene rings is 1. The number of carbonyl (C=O) groups is 1. The zero-order valence-corrected chi connectivity index (χ0v) is 13.8. The van der Waals surface area contributed by atoms with Gasteiger partial charge in [-0.1, -0.05) is 25.5 Å². The average molecular weight is 294 g/mol. The number of carbonyl (C=O) groups excluding carboxylic acids is 1. The largest absolute Gasteiger partial charge is 0.384 e. The number of anilines is 1. The summed E-state index contributed by atoms with van der Waals surface area (Å²) in [7, 11) is 0. The van der Waals surface area contributed by atoms with Gasteiger partial charge in [0.1, 0.15) is 0 Å². The molecule has 1 unspecified atom stereocenters. The highest BCUT2D eigenvalue weighted by atomic mass is 32.2. The first-order valence-corrected chi connectivity index (χ1v) is 8.59. The monoisotopic (exact) mass is 294 g/mol. The summed E-state index contributed by atoms with van der Waals surface area (Å²) in [6.45, 7) is 7.89. The van der Waals surface area contributed by atoms with E-state index >= 15 is 0 Å². The van der Waals surface area contributed by atoms with E-state index in [1.54, 1.807) is 0 Å². The van der Waals surface area contributed by atoms with Gasteiger partial charge in [0.2, 0.25) is 0 Å². The molecule has 0 aliphatic rings. The van der Waals surface area contributed by atoms with E-state index in [-0.39, 0.29) is 5.91 Å². The van der Waals surface area contributed by atoms with Gasteiger partial charge in [0.05, 0.1) is 5.56 Å². The lowest BCUT2D eigenvalue weighted by molar-refractivity contribution is 0.0950. The van der Waals surface area contributed by atoms with Crippen LogP contribution in [0.25, 0.3) is 0 Å². The molecule has 0 aliphatic carbocycles. The third-order valence-corrected chi connectivity index (χ3v) is 3.95. The Morgan fingerprint density at radius 1 is 1.40 bits per heavy atom. The number of rotatable bonds is 8. The van der Waals surface area contributed by atoms with E-state index in [0.717, 1.165) is 42.1 Å². The van der Waals surface area contributed by atoms with Crippen molar-refractivity contribution in [1.29, 1.82) is 0 Å². The molecule has 0 aromatic heterocycles. The van der Waals surface area contributed by atoms with Crippen LogP contribution in [0, 0.1) is 12.8 Å². The van der Waals surface area contributed by atoms with Gasteiger partial charge in [-0.05, 0) is 43.4 Å². The molecule has 1 rings (SSSR count). The Bertz CT molecular complexity index is 434.